The molecule has 6 heteroatoms. The van der Waals surface area contributed by atoms with Crippen molar-refractivity contribution in [3.8, 4) is 0 Å². The number of unbranched alkanes of at least 4 members (excludes halogenated alkanes) is 5. The van der Waals surface area contributed by atoms with Crippen LogP contribution in [-0.2, 0) is 9.84 Å². The number of nitrogens with zero attached hydrogens (tertiary/aromatic N) is 1. The first-order chi connectivity index (χ1) is 9.95. The molecule has 0 N–H and O–H groups in total. The van der Waals surface area contributed by atoms with Gasteiger partial charge in [0.2, 0.25) is 14.2 Å². The summed E-state index contributed by atoms with van der Waals surface area (Å²) in [6.07, 6.45) is 6.54. The van der Waals surface area contributed by atoms with Crippen molar-refractivity contribution in [2.45, 2.75) is 63.6 Å². The van der Waals surface area contributed by atoms with Gasteiger partial charge in [-0.1, -0.05) is 39.0 Å². The quantitative estimate of drug-likeness (QED) is 0.625. The zero-order chi connectivity index (χ0) is 15.5. The Balaban J connectivity index is 1.99. The second-order valence-corrected chi connectivity index (χ2v) is 10.2. The molecule has 0 aromatic carbocycles. The standard InChI is InChI=1S/C15H23NO2S3/c1-4-5-6-7-8-9-10-21(17,18)15-16-13-11(2)19-12(3)14(13)20-15/h4-10H2,1-3H3. The maximum absolute atomic E-state index is 12.4. The number of aryl methyl sites for hydroxylation is 2. The molecule has 0 unspecified atom stereocenters. The van der Waals surface area contributed by atoms with Crippen molar-refractivity contribution in [1.29, 1.82) is 0 Å². The Morgan fingerprint density at radius 2 is 1.62 bits per heavy atom. The summed E-state index contributed by atoms with van der Waals surface area (Å²) >= 11 is 3.03. The molecule has 2 rings (SSSR count). The SMILES string of the molecule is CCCCCCCCS(=O)(=O)c1nc2c(C)sc(C)c2s1. The fraction of sp³-hybridized carbons (Fsp3) is 0.667. The minimum Gasteiger partial charge on any atom is -0.224 e. The van der Waals surface area contributed by atoms with Crippen LogP contribution in [0.25, 0.3) is 10.2 Å². The fourth-order valence-electron chi connectivity index (χ4n) is 2.39. The number of thiazole rings is 1. The second kappa shape index (κ2) is 7.20. The van der Waals surface area contributed by atoms with Gasteiger partial charge in [0, 0.05) is 9.75 Å². The first-order valence-electron chi connectivity index (χ1n) is 7.55. The Morgan fingerprint density at radius 3 is 2.29 bits per heavy atom. The molecule has 0 aliphatic heterocycles. The van der Waals surface area contributed by atoms with Crippen molar-refractivity contribution in [2.75, 3.05) is 5.75 Å². The summed E-state index contributed by atoms with van der Waals surface area (Å²) in [4.78, 5) is 6.65. The van der Waals surface area contributed by atoms with Gasteiger partial charge in [0.05, 0.1) is 16.0 Å². The van der Waals surface area contributed by atoms with Crippen LogP contribution in [0.15, 0.2) is 4.34 Å². The molecule has 21 heavy (non-hydrogen) atoms. The van der Waals surface area contributed by atoms with Gasteiger partial charge in [-0.15, -0.1) is 22.7 Å². The monoisotopic (exact) mass is 345 g/mol. The van der Waals surface area contributed by atoms with E-state index in [2.05, 4.69) is 11.9 Å². The molecular weight excluding hydrogens is 322 g/mol. The number of thiophene rings is 1. The highest BCUT2D eigenvalue weighted by Crippen LogP contribution is 2.36. The van der Waals surface area contributed by atoms with Crippen LogP contribution in [-0.4, -0.2) is 19.2 Å². The molecule has 0 saturated carbocycles. The second-order valence-electron chi connectivity index (χ2n) is 5.46. The van der Waals surface area contributed by atoms with E-state index < -0.39 is 9.84 Å². The lowest BCUT2D eigenvalue weighted by Gasteiger charge is -2.01. The number of hydrogen-bond acceptors (Lipinski definition) is 5. The highest BCUT2D eigenvalue weighted by molar-refractivity contribution is 7.93. The number of fused-ring (bicyclic) bond motifs is 1. The van der Waals surface area contributed by atoms with Crippen LogP contribution in [0.2, 0.25) is 0 Å². The summed E-state index contributed by atoms with van der Waals surface area (Å²) in [5.74, 6) is 0.233. The van der Waals surface area contributed by atoms with E-state index in [1.807, 2.05) is 13.8 Å². The van der Waals surface area contributed by atoms with Gasteiger partial charge in [0.1, 0.15) is 0 Å². The molecule has 0 fully saturated rings. The molecule has 0 spiro atoms. The van der Waals surface area contributed by atoms with Crippen LogP contribution in [0.4, 0.5) is 0 Å². The number of hydrogen-bond donors (Lipinski definition) is 0. The topological polar surface area (TPSA) is 47.0 Å². The van der Waals surface area contributed by atoms with Gasteiger partial charge in [0.15, 0.2) is 0 Å². The lowest BCUT2D eigenvalue weighted by Crippen LogP contribution is -2.06. The van der Waals surface area contributed by atoms with Crippen molar-refractivity contribution >= 4 is 42.7 Å². The fourth-order valence-corrected chi connectivity index (χ4v) is 6.35. The van der Waals surface area contributed by atoms with Gasteiger partial charge in [-0.2, -0.15) is 0 Å². The number of sulfone groups is 1. The predicted octanol–water partition coefficient (Wildman–Crippen LogP) is 5.11. The summed E-state index contributed by atoms with van der Waals surface area (Å²) in [6.45, 7) is 6.22. The Hall–Kier alpha value is -0.460. The summed E-state index contributed by atoms with van der Waals surface area (Å²) < 4.78 is 26.1. The molecule has 2 aromatic heterocycles. The van der Waals surface area contributed by atoms with Crippen LogP contribution in [0.5, 0.6) is 0 Å². The van der Waals surface area contributed by atoms with E-state index in [0.29, 0.717) is 4.34 Å². The molecule has 0 atom stereocenters. The third-order valence-electron chi connectivity index (χ3n) is 3.60. The Labute approximate surface area is 135 Å². The van der Waals surface area contributed by atoms with Crippen LogP contribution in [0, 0.1) is 13.8 Å². The smallest absolute Gasteiger partial charge is 0.210 e. The van der Waals surface area contributed by atoms with Crippen LogP contribution in [0.1, 0.15) is 55.2 Å². The average molecular weight is 346 g/mol. The molecule has 0 saturated heterocycles. The molecule has 0 aliphatic rings. The van der Waals surface area contributed by atoms with E-state index in [1.165, 1.54) is 35.5 Å². The summed E-state index contributed by atoms with van der Waals surface area (Å²) in [7, 11) is -3.21. The largest absolute Gasteiger partial charge is 0.224 e. The lowest BCUT2D eigenvalue weighted by molar-refractivity contribution is 0.583. The summed E-state index contributed by atoms with van der Waals surface area (Å²) in [5, 5.41) is 0. The highest BCUT2D eigenvalue weighted by Gasteiger charge is 2.21. The maximum atomic E-state index is 12.4. The Bertz CT molecular complexity index is 663. The number of aromatic nitrogens is 1. The molecule has 3 nitrogen and oxygen atoms in total. The van der Waals surface area contributed by atoms with Crippen LogP contribution < -0.4 is 0 Å². The van der Waals surface area contributed by atoms with Gasteiger partial charge >= 0.3 is 0 Å². The maximum Gasteiger partial charge on any atom is 0.210 e. The molecular formula is C15H23NO2S3. The Kier molecular flexibility index (Phi) is 5.80. The predicted molar refractivity (Wildman–Crippen MR) is 92.4 cm³/mol. The molecule has 118 valence electrons. The third kappa shape index (κ3) is 4.05. The van der Waals surface area contributed by atoms with Crippen molar-refractivity contribution in [1.82, 2.24) is 4.98 Å². The first kappa shape index (κ1) is 16.9. The average Bonchev–Trinajstić information content (AvgIpc) is 2.97. The molecule has 2 heterocycles. The molecule has 2 aromatic rings. The van der Waals surface area contributed by atoms with Gasteiger partial charge < -0.3 is 0 Å². The summed E-state index contributed by atoms with van der Waals surface area (Å²) in [5.41, 5.74) is 0.879. The zero-order valence-electron chi connectivity index (χ0n) is 12.9. The molecule has 0 bridgehead atoms. The number of rotatable bonds is 8. The van der Waals surface area contributed by atoms with E-state index in [9.17, 15) is 8.42 Å². The van der Waals surface area contributed by atoms with Gasteiger partial charge in [0.25, 0.3) is 0 Å². The van der Waals surface area contributed by atoms with E-state index in [1.54, 1.807) is 11.3 Å². The van der Waals surface area contributed by atoms with Crippen LogP contribution >= 0.6 is 22.7 Å². The van der Waals surface area contributed by atoms with Gasteiger partial charge in [-0.25, -0.2) is 13.4 Å². The van der Waals surface area contributed by atoms with E-state index in [0.717, 1.165) is 34.4 Å². The van der Waals surface area contributed by atoms with Gasteiger partial charge in [-0.3, -0.25) is 0 Å². The van der Waals surface area contributed by atoms with Crippen molar-refractivity contribution in [3.63, 3.8) is 0 Å². The Morgan fingerprint density at radius 1 is 0.952 bits per heavy atom. The van der Waals surface area contributed by atoms with E-state index in [4.69, 9.17) is 0 Å². The minimum atomic E-state index is -3.21. The first-order valence-corrected chi connectivity index (χ1v) is 10.8. The van der Waals surface area contributed by atoms with Crippen molar-refractivity contribution in [3.05, 3.63) is 9.75 Å². The lowest BCUT2D eigenvalue weighted by atomic mass is 10.1. The van der Waals surface area contributed by atoms with Gasteiger partial charge in [-0.05, 0) is 20.3 Å². The van der Waals surface area contributed by atoms with Crippen LogP contribution in [0.3, 0.4) is 0 Å². The molecule has 0 aliphatic carbocycles. The minimum absolute atomic E-state index is 0.233. The van der Waals surface area contributed by atoms with E-state index in [-0.39, 0.29) is 5.75 Å². The van der Waals surface area contributed by atoms with E-state index >= 15 is 0 Å². The third-order valence-corrected chi connectivity index (χ3v) is 8.17. The normalized spacial score (nSPS) is 12.3. The van der Waals surface area contributed by atoms with Crippen molar-refractivity contribution < 1.29 is 8.42 Å². The summed E-state index contributed by atoms with van der Waals surface area (Å²) in [6, 6.07) is 0. The zero-order valence-corrected chi connectivity index (χ0v) is 15.4. The molecule has 0 radical (unpaired) electrons. The highest BCUT2D eigenvalue weighted by atomic mass is 32.2. The molecule has 0 amide bonds. The van der Waals surface area contributed by atoms with Crippen molar-refractivity contribution in [2.24, 2.45) is 0 Å².